The fraction of sp³-hybridized carbons (Fsp3) is 0.571. The lowest BCUT2D eigenvalue weighted by Crippen LogP contribution is -2.28. The molecule has 0 radical (unpaired) electrons. The van der Waals surface area contributed by atoms with Crippen LogP contribution in [0.5, 0.6) is 0 Å². The number of amides is 1. The molecule has 1 aromatic heterocycles. The highest BCUT2D eigenvalue weighted by Gasteiger charge is 2.22. The van der Waals surface area contributed by atoms with E-state index in [1.807, 2.05) is 0 Å². The van der Waals surface area contributed by atoms with Crippen molar-refractivity contribution in [3.8, 4) is 0 Å². The highest BCUT2D eigenvalue weighted by molar-refractivity contribution is 5.90. The van der Waals surface area contributed by atoms with E-state index in [1.54, 1.807) is 13.0 Å². The first-order chi connectivity index (χ1) is 9.60. The highest BCUT2D eigenvalue weighted by atomic mass is 16.5. The van der Waals surface area contributed by atoms with Crippen LogP contribution in [-0.4, -0.2) is 31.6 Å². The molecule has 0 unspecified atom stereocenters. The van der Waals surface area contributed by atoms with Gasteiger partial charge in [0.1, 0.15) is 17.1 Å². The highest BCUT2D eigenvalue weighted by Crippen LogP contribution is 2.18. The van der Waals surface area contributed by atoms with E-state index in [1.165, 1.54) is 7.11 Å². The molecule has 1 fully saturated rings. The number of rotatable bonds is 7. The Morgan fingerprint density at radius 3 is 2.85 bits per heavy atom. The Morgan fingerprint density at radius 2 is 2.20 bits per heavy atom. The van der Waals surface area contributed by atoms with E-state index in [0.717, 1.165) is 12.8 Å². The number of carbonyl (C=O) groups is 2. The lowest BCUT2D eigenvalue weighted by atomic mass is 10.2. The summed E-state index contributed by atoms with van der Waals surface area (Å²) in [5, 5.41) is 6.04. The van der Waals surface area contributed by atoms with Crippen molar-refractivity contribution in [3.05, 3.63) is 23.2 Å². The first-order valence-electron chi connectivity index (χ1n) is 6.78. The zero-order chi connectivity index (χ0) is 14.5. The minimum atomic E-state index is -0.402. The first-order valence-corrected chi connectivity index (χ1v) is 6.78. The van der Waals surface area contributed by atoms with Crippen LogP contribution in [0.15, 0.2) is 10.5 Å². The van der Waals surface area contributed by atoms with Gasteiger partial charge in [0.15, 0.2) is 0 Å². The summed E-state index contributed by atoms with van der Waals surface area (Å²) in [4.78, 5) is 22.9. The van der Waals surface area contributed by atoms with Crippen LogP contribution in [-0.2, 0) is 16.1 Å². The molecule has 2 N–H and O–H groups in total. The number of hydrogen-bond donors (Lipinski definition) is 2. The van der Waals surface area contributed by atoms with Crippen molar-refractivity contribution in [2.75, 3.05) is 13.7 Å². The second kappa shape index (κ2) is 6.56. The van der Waals surface area contributed by atoms with Gasteiger partial charge in [-0.3, -0.25) is 4.79 Å². The molecule has 1 heterocycles. The fourth-order valence-corrected chi connectivity index (χ4v) is 1.88. The molecule has 110 valence electrons. The third kappa shape index (κ3) is 4.09. The van der Waals surface area contributed by atoms with Gasteiger partial charge >= 0.3 is 5.97 Å². The Morgan fingerprint density at radius 1 is 1.45 bits per heavy atom. The van der Waals surface area contributed by atoms with Crippen molar-refractivity contribution < 1.29 is 18.7 Å². The second-order valence-electron chi connectivity index (χ2n) is 4.94. The molecule has 1 saturated carbocycles. The van der Waals surface area contributed by atoms with Crippen LogP contribution in [0.4, 0.5) is 0 Å². The smallest absolute Gasteiger partial charge is 0.341 e. The molecule has 2 rings (SSSR count). The topological polar surface area (TPSA) is 80.6 Å². The van der Waals surface area contributed by atoms with Crippen LogP contribution in [0.25, 0.3) is 0 Å². The Balaban J connectivity index is 1.70. The number of hydrogen-bond acceptors (Lipinski definition) is 5. The van der Waals surface area contributed by atoms with Crippen molar-refractivity contribution in [2.45, 2.75) is 38.8 Å². The van der Waals surface area contributed by atoms with Crippen LogP contribution in [0.2, 0.25) is 0 Å². The number of aryl methyl sites for hydroxylation is 1. The summed E-state index contributed by atoms with van der Waals surface area (Å²) in [7, 11) is 1.34. The van der Waals surface area contributed by atoms with Gasteiger partial charge in [0, 0.05) is 19.0 Å². The SMILES string of the molecule is COC(=O)c1cc(CNCCC(=O)NC2CC2)oc1C. The van der Waals surface area contributed by atoms with Gasteiger partial charge in [0.25, 0.3) is 0 Å². The van der Waals surface area contributed by atoms with Crippen molar-refractivity contribution in [2.24, 2.45) is 0 Å². The zero-order valence-electron chi connectivity index (χ0n) is 11.8. The first kappa shape index (κ1) is 14.6. The Hall–Kier alpha value is -1.82. The molecule has 0 spiro atoms. The van der Waals surface area contributed by atoms with Gasteiger partial charge < -0.3 is 19.8 Å². The quantitative estimate of drug-likeness (QED) is 0.578. The molecule has 0 saturated heterocycles. The number of esters is 1. The van der Waals surface area contributed by atoms with Gasteiger partial charge in [-0.2, -0.15) is 0 Å². The van der Waals surface area contributed by atoms with E-state index < -0.39 is 5.97 Å². The summed E-state index contributed by atoms with van der Waals surface area (Å²) >= 11 is 0. The van der Waals surface area contributed by atoms with Crippen LogP contribution in [0.1, 0.15) is 41.1 Å². The maximum absolute atomic E-state index is 11.5. The van der Waals surface area contributed by atoms with Crippen LogP contribution in [0, 0.1) is 6.92 Å². The third-order valence-electron chi connectivity index (χ3n) is 3.14. The van der Waals surface area contributed by atoms with Crippen LogP contribution >= 0.6 is 0 Å². The number of furan rings is 1. The van der Waals surface area contributed by atoms with E-state index in [0.29, 0.717) is 42.6 Å². The van der Waals surface area contributed by atoms with Crippen LogP contribution in [0.3, 0.4) is 0 Å². The Bertz CT molecular complexity index is 491. The van der Waals surface area contributed by atoms with E-state index >= 15 is 0 Å². The van der Waals surface area contributed by atoms with E-state index in [4.69, 9.17) is 4.42 Å². The molecular weight excluding hydrogens is 260 g/mol. The van der Waals surface area contributed by atoms with Crippen molar-refractivity contribution >= 4 is 11.9 Å². The number of ether oxygens (including phenoxy) is 1. The molecule has 0 aliphatic heterocycles. The summed E-state index contributed by atoms with van der Waals surface area (Å²) in [6.07, 6.45) is 2.64. The summed E-state index contributed by atoms with van der Waals surface area (Å²) < 4.78 is 10.1. The predicted molar refractivity (Wildman–Crippen MR) is 72.3 cm³/mol. The Labute approximate surface area is 117 Å². The summed E-state index contributed by atoms with van der Waals surface area (Å²) in [5.74, 6) is 0.873. The minimum Gasteiger partial charge on any atom is -0.465 e. The van der Waals surface area contributed by atoms with E-state index in [2.05, 4.69) is 15.4 Å². The average molecular weight is 280 g/mol. The molecule has 0 atom stereocenters. The summed E-state index contributed by atoms with van der Waals surface area (Å²) in [6.45, 7) is 2.78. The normalized spacial score (nSPS) is 14.1. The molecular formula is C14H20N2O4. The van der Waals surface area contributed by atoms with E-state index in [9.17, 15) is 9.59 Å². The van der Waals surface area contributed by atoms with Gasteiger partial charge in [0.2, 0.25) is 5.91 Å². The van der Waals surface area contributed by atoms with E-state index in [-0.39, 0.29) is 5.91 Å². The van der Waals surface area contributed by atoms with Crippen molar-refractivity contribution in [3.63, 3.8) is 0 Å². The predicted octanol–water partition coefficient (Wildman–Crippen LogP) is 1.13. The van der Waals surface area contributed by atoms with Crippen molar-refractivity contribution in [1.82, 2.24) is 10.6 Å². The summed E-state index contributed by atoms with van der Waals surface area (Å²) in [5.41, 5.74) is 0.441. The van der Waals surface area contributed by atoms with Gasteiger partial charge in [0.05, 0.1) is 13.7 Å². The average Bonchev–Trinajstić information content (AvgIpc) is 3.15. The minimum absolute atomic E-state index is 0.0749. The maximum Gasteiger partial charge on any atom is 0.341 e. The molecule has 6 nitrogen and oxygen atoms in total. The molecule has 1 amide bonds. The standard InChI is InChI=1S/C14H20N2O4/c1-9-12(14(18)19-2)7-11(20-9)8-15-6-5-13(17)16-10-3-4-10/h7,10,15H,3-6,8H2,1-2H3,(H,16,17). The van der Waals surface area contributed by atoms with Gasteiger partial charge in [-0.1, -0.05) is 0 Å². The number of methoxy groups -OCH3 is 1. The zero-order valence-corrected chi connectivity index (χ0v) is 11.8. The van der Waals surface area contributed by atoms with Gasteiger partial charge in [-0.05, 0) is 25.8 Å². The molecule has 0 bridgehead atoms. The maximum atomic E-state index is 11.5. The van der Waals surface area contributed by atoms with Crippen molar-refractivity contribution in [1.29, 1.82) is 0 Å². The summed E-state index contributed by atoms with van der Waals surface area (Å²) in [6, 6.07) is 2.07. The van der Waals surface area contributed by atoms with Crippen LogP contribution < -0.4 is 10.6 Å². The third-order valence-corrected chi connectivity index (χ3v) is 3.14. The molecule has 20 heavy (non-hydrogen) atoms. The number of carbonyl (C=O) groups excluding carboxylic acids is 2. The molecule has 1 aliphatic rings. The molecule has 1 aromatic rings. The molecule has 1 aliphatic carbocycles. The number of nitrogens with one attached hydrogen (secondary N) is 2. The largest absolute Gasteiger partial charge is 0.465 e. The monoisotopic (exact) mass is 280 g/mol. The fourth-order valence-electron chi connectivity index (χ4n) is 1.88. The lowest BCUT2D eigenvalue weighted by Gasteiger charge is -2.03. The van der Waals surface area contributed by atoms with Gasteiger partial charge in [-0.15, -0.1) is 0 Å². The van der Waals surface area contributed by atoms with Gasteiger partial charge in [-0.25, -0.2) is 4.79 Å². The second-order valence-corrected chi connectivity index (χ2v) is 4.94. The molecule has 6 heteroatoms. The molecule has 0 aromatic carbocycles. The lowest BCUT2D eigenvalue weighted by molar-refractivity contribution is -0.121. The Kier molecular flexibility index (Phi) is 4.79.